The Morgan fingerprint density at radius 3 is 2.29 bits per heavy atom. The lowest BCUT2D eigenvalue weighted by atomic mass is 10.1. The number of nitrogens with zero attached hydrogens (tertiary/aromatic N) is 1. The van der Waals surface area contributed by atoms with Crippen molar-refractivity contribution in [2.45, 2.75) is 12.2 Å². The highest BCUT2D eigenvalue weighted by Crippen LogP contribution is 2.24. The van der Waals surface area contributed by atoms with Crippen molar-refractivity contribution >= 4 is 5.91 Å². The van der Waals surface area contributed by atoms with Crippen LogP contribution in [0, 0.1) is 12.3 Å². The van der Waals surface area contributed by atoms with Gasteiger partial charge in [-0.3, -0.25) is 4.79 Å². The molecule has 0 heterocycles. The highest BCUT2D eigenvalue weighted by Gasteiger charge is 2.43. The van der Waals surface area contributed by atoms with E-state index in [1.165, 1.54) is 0 Å². The molecule has 0 aliphatic rings. The Balaban J connectivity index is 2.98. The number of hydrogen-bond donors (Lipinski definition) is 0. The molecule has 90 valence electrons. The fraction of sp³-hybridized carbons (Fsp3) is 0.250. The summed E-state index contributed by atoms with van der Waals surface area (Å²) in [6.45, 7) is 0. The van der Waals surface area contributed by atoms with Gasteiger partial charge in [0.15, 0.2) is 0 Å². The highest BCUT2D eigenvalue weighted by atomic mass is 19.4. The van der Waals surface area contributed by atoms with E-state index in [-0.39, 0.29) is 0 Å². The predicted octanol–water partition coefficient (Wildman–Crippen LogP) is 2.38. The summed E-state index contributed by atoms with van der Waals surface area (Å²) in [6, 6.07) is 7.13. The van der Waals surface area contributed by atoms with Crippen LogP contribution >= 0.6 is 0 Å². The molecule has 1 rings (SSSR count). The van der Waals surface area contributed by atoms with Crippen LogP contribution in [0.25, 0.3) is 0 Å². The topological polar surface area (TPSA) is 20.3 Å². The molecular formula is C12H10F3NO. The first-order chi connectivity index (χ1) is 7.88. The summed E-state index contributed by atoms with van der Waals surface area (Å²) >= 11 is 0. The molecule has 0 radical (unpaired) electrons. The van der Waals surface area contributed by atoms with Gasteiger partial charge in [-0.25, -0.2) is 0 Å². The van der Waals surface area contributed by atoms with Crippen LogP contribution in [0.1, 0.15) is 11.6 Å². The first kappa shape index (κ1) is 13.1. The Morgan fingerprint density at radius 1 is 1.35 bits per heavy atom. The third-order valence-corrected chi connectivity index (χ3v) is 2.22. The number of hydrogen-bond acceptors (Lipinski definition) is 1. The molecule has 0 bridgehead atoms. The molecule has 0 saturated carbocycles. The first-order valence-corrected chi connectivity index (χ1v) is 4.73. The second kappa shape index (κ2) is 4.91. The molecule has 0 saturated heterocycles. The molecule has 1 aromatic rings. The second-order valence-electron chi connectivity index (χ2n) is 3.39. The molecule has 0 fully saturated rings. The molecule has 0 aromatic heterocycles. The van der Waals surface area contributed by atoms with Gasteiger partial charge in [-0.2, -0.15) is 13.2 Å². The van der Waals surface area contributed by atoms with E-state index in [1.54, 1.807) is 30.3 Å². The molecule has 1 amide bonds. The molecule has 0 N–H and O–H groups in total. The first-order valence-electron chi connectivity index (χ1n) is 4.73. The predicted molar refractivity (Wildman–Crippen MR) is 56.8 cm³/mol. The largest absolute Gasteiger partial charge is 0.471 e. The Labute approximate surface area is 97.0 Å². The van der Waals surface area contributed by atoms with Crippen LogP contribution < -0.4 is 0 Å². The average Bonchev–Trinajstić information content (AvgIpc) is 2.29. The van der Waals surface area contributed by atoms with E-state index in [0.29, 0.717) is 10.5 Å². The van der Waals surface area contributed by atoms with Crippen molar-refractivity contribution in [1.29, 1.82) is 0 Å². The highest BCUT2D eigenvalue weighted by molar-refractivity contribution is 5.82. The summed E-state index contributed by atoms with van der Waals surface area (Å²) in [5.74, 6) is 0.222. The lowest BCUT2D eigenvalue weighted by molar-refractivity contribution is -0.185. The lowest BCUT2D eigenvalue weighted by Crippen LogP contribution is -2.40. The molecule has 0 spiro atoms. The lowest BCUT2D eigenvalue weighted by Gasteiger charge is -2.25. The fourth-order valence-electron chi connectivity index (χ4n) is 1.38. The fourth-order valence-corrected chi connectivity index (χ4v) is 1.38. The van der Waals surface area contributed by atoms with E-state index in [4.69, 9.17) is 6.42 Å². The zero-order chi connectivity index (χ0) is 13.1. The molecule has 0 aliphatic heterocycles. The number of rotatable bonds is 2. The number of carbonyl (C=O) groups is 1. The molecule has 2 nitrogen and oxygen atoms in total. The summed E-state index contributed by atoms with van der Waals surface area (Å²) in [4.78, 5) is 11.6. The van der Waals surface area contributed by atoms with Crippen LogP contribution in [0.5, 0.6) is 0 Å². The number of alkyl halides is 3. The maximum absolute atomic E-state index is 12.3. The van der Waals surface area contributed by atoms with Crippen molar-refractivity contribution in [2.24, 2.45) is 0 Å². The standard InChI is InChI=1S/C12H10F3NO/c1-3-10(9-7-5-4-6-8-9)16(2)11(17)12(13,14)15/h1,4-8,10H,2H3. The molecule has 1 atom stereocenters. The van der Waals surface area contributed by atoms with Crippen molar-refractivity contribution in [3.05, 3.63) is 35.9 Å². The van der Waals surface area contributed by atoms with Gasteiger partial charge < -0.3 is 4.90 Å². The molecule has 17 heavy (non-hydrogen) atoms. The minimum absolute atomic E-state index is 0.468. The summed E-state index contributed by atoms with van der Waals surface area (Å²) < 4.78 is 36.8. The quantitative estimate of drug-likeness (QED) is 0.728. The van der Waals surface area contributed by atoms with Crippen LogP contribution in [0.3, 0.4) is 0 Å². The van der Waals surface area contributed by atoms with Gasteiger partial charge in [0.2, 0.25) is 0 Å². The van der Waals surface area contributed by atoms with Gasteiger partial charge >= 0.3 is 12.1 Å². The number of benzene rings is 1. The zero-order valence-corrected chi connectivity index (χ0v) is 9.03. The molecule has 0 aliphatic carbocycles. The minimum Gasteiger partial charge on any atom is -0.320 e. The maximum Gasteiger partial charge on any atom is 0.471 e. The van der Waals surface area contributed by atoms with Crippen molar-refractivity contribution < 1.29 is 18.0 Å². The third kappa shape index (κ3) is 3.00. The minimum atomic E-state index is -4.92. The van der Waals surface area contributed by atoms with Crippen LogP contribution in [-0.4, -0.2) is 24.0 Å². The van der Waals surface area contributed by atoms with E-state index in [9.17, 15) is 18.0 Å². The Kier molecular flexibility index (Phi) is 3.79. The van der Waals surface area contributed by atoms with Crippen molar-refractivity contribution in [3.63, 3.8) is 0 Å². The molecular weight excluding hydrogens is 231 g/mol. The number of halogens is 3. The van der Waals surface area contributed by atoms with E-state index in [1.807, 2.05) is 0 Å². The van der Waals surface area contributed by atoms with E-state index >= 15 is 0 Å². The van der Waals surface area contributed by atoms with Crippen molar-refractivity contribution in [1.82, 2.24) is 4.90 Å². The van der Waals surface area contributed by atoms with Gasteiger partial charge in [0.1, 0.15) is 6.04 Å². The molecule has 1 unspecified atom stereocenters. The Bertz CT molecular complexity index is 433. The number of carbonyl (C=O) groups excluding carboxylic acids is 1. The molecule has 1 aromatic carbocycles. The van der Waals surface area contributed by atoms with Crippen molar-refractivity contribution in [2.75, 3.05) is 7.05 Å². The zero-order valence-electron chi connectivity index (χ0n) is 9.03. The van der Waals surface area contributed by atoms with Gasteiger partial charge in [0.25, 0.3) is 0 Å². The summed E-state index contributed by atoms with van der Waals surface area (Å²) in [7, 11) is 1.04. The van der Waals surface area contributed by atoms with E-state index in [2.05, 4.69) is 5.92 Å². The summed E-state index contributed by atoms with van der Waals surface area (Å²) in [6.07, 6.45) is 0.258. The van der Waals surface area contributed by atoms with Crippen LogP contribution in [0.4, 0.5) is 13.2 Å². The Morgan fingerprint density at radius 2 is 1.88 bits per heavy atom. The van der Waals surface area contributed by atoms with Crippen molar-refractivity contribution in [3.8, 4) is 12.3 Å². The maximum atomic E-state index is 12.3. The van der Waals surface area contributed by atoms with Gasteiger partial charge in [0.05, 0.1) is 0 Å². The average molecular weight is 241 g/mol. The molecule has 5 heteroatoms. The normalized spacial score (nSPS) is 12.6. The summed E-state index contributed by atoms with van der Waals surface area (Å²) in [5, 5.41) is 0. The Hall–Kier alpha value is -1.96. The van der Waals surface area contributed by atoms with Gasteiger partial charge in [-0.05, 0) is 5.56 Å². The SMILES string of the molecule is C#CC(c1ccccc1)N(C)C(=O)C(F)(F)F. The number of amides is 1. The monoisotopic (exact) mass is 241 g/mol. The van der Waals surface area contributed by atoms with Crippen LogP contribution in [0.15, 0.2) is 30.3 Å². The van der Waals surface area contributed by atoms with Gasteiger partial charge in [-0.1, -0.05) is 36.3 Å². The third-order valence-electron chi connectivity index (χ3n) is 2.22. The van der Waals surface area contributed by atoms with Crippen LogP contribution in [0.2, 0.25) is 0 Å². The van der Waals surface area contributed by atoms with E-state index in [0.717, 1.165) is 7.05 Å². The van der Waals surface area contributed by atoms with Crippen LogP contribution in [-0.2, 0) is 4.79 Å². The smallest absolute Gasteiger partial charge is 0.320 e. The second-order valence-corrected chi connectivity index (χ2v) is 3.39. The number of terminal acetylenes is 1. The van der Waals surface area contributed by atoms with Gasteiger partial charge in [-0.15, -0.1) is 6.42 Å². The van der Waals surface area contributed by atoms with Gasteiger partial charge in [0, 0.05) is 7.05 Å². The van der Waals surface area contributed by atoms with E-state index < -0.39 is 18.1 Å². The summed E-state index contributed by atoms with van der Waals surface area (Å²) in [5.41, 5.74) is 0.468.